The van der Waals surface area contributed by atoms with Gasteiger partial charge in [-0.25, -0.2) is 0 Å². The number of nitrogens with one attached hydrogen (secondary N) is 1. The van der Waals surface area contributed by atoms with Gasteiger partial charge in [0.15, 0.2) is 0 Å². The van der Waals surface area contributed by atoms with Gasteiger partial charge < -0.3 is 15.5 Å². The van der Waals surface area contributed by atoms with Crippen LogP contribution in [0, 0.1) is 12.8 Å². The Labute approximate surface area is 85.7 Å². The van der Waals surface area contributed by atoms with Gasteiger partial charge in [-0.3, -0.25) is 0 Å². The van der Waals surface area contributed by atoms with Crippen LogP contribution in [-0.2, 0) is 6.54 Å². The van der Waals surface area contributed by atoms with Crippen LogP contribution in [0.25, 0.3) is 0 Å². The van der Waals surface area contributed by atoms with E-state index in [1.807, 2.05) is 19.1 Å². The van der Waals surface area contributed by atoms with Gasteiger partial charge in [0.1, 0.15) is 11.5 Å². The van der Waals surface area contributed by atoms with E-state index in [9.17, 15) is 0 Å². The summed E-state index contributed by atoms with van der Waals surface area (Å²) in [7, 11) is 0. The lowest BCUT2D eigenvalue weighted by atomic mass is 10.1. The number of rotatable bonds is 5. The molecule has 0 spiro atoms. The molecule has 14 heavy (non-hydrogen) atoms. The van der Waals surface area contributed by atoms with Gasteiger partial charge in [0.25, 0.3) is 0 Å². The maximum Gasteiger partial charge on any atom is 0.117 e. The van der Waals surface area contributed by atoms with E-state index in [1.54, 1.807) is 0 Å². The van der Waals surface area contributed by atoms with Crippen molar-refractivity contribution in [1.29, 1.82) is 0 Å². The minimum Gasteiger partial charge on any atom is -0.465 e. The van der Waals surface area contributed by atoms with E-state index >= 15 is 0 Å². The maximum atomic E-state index is 5.65. The summed E-state index contributed by atoms with van der Waals surface area (Å²) < 4.78 is 5.45. The van der Waals surface area contributed by atoms with E-state index in [2.05, 4.69) is 19.2 Å². The molecular formula is C11H20N2O. The standard InChI is InChI=1S/C11H20N2O/c1-8(2)11(6-12)13-7-10-5-4-9(3)14-10/h4-5,8,11,13H,6-7,12H2,1-3H3. The van der Waals surface area contributed by atoms with Crippen molar-refractivity contribution in [3.05, 3.63) is 23.7 Å². The molecule has 0 radical (unpaired) electrons. The second-order valence-corrected chi connectivity index (χ2v) is 3.98. The molecule has 0 amide bonds. The average Bonchev–Trinajstić information content (AvgIpc) is 2.52. The molecule has 0 aromatic carbocycles. The van der Waals surface area contributed by atoms with Gasteiger partial charge in [0, 0.05) is 12.6 Å². The molecule has 80 valence electrons. The minimum absolute atomic E-state index is 0.361. The fourth-order valence-electron chi connectivity index (χ4n) is 1.40. The zero-order valence-corrected chi connectivity index (χ0v) is 9.21. The Morgan fingerprint density at radius 2 is 2.14 bits per heavy atom. The first-order valence-electron chi connectivity index (χ1n) is 5.12. The zero-order valence-electron chi connectivity index (χ0n) is 9.21. The summed E-state index contributed by atoms with van der Waals surface area (Å²) in [6, 6.07) is 4.33. The maximum absolute atomic E-state index is 5.65. The van der Waals surface area contributed by atoms with Crippen molar-refractivity contribution in [3.63, 3.8) is 0 Å². The summed E-state index contributed by atoms with van der Waals surface area (Å²) in [5, 5.41) is 3.38. The van der Waals surface area contributed by atoms with Crippen LogP contribution in [0.1, 0.15) is 25.4 Å². The predicted molar refractivity (Wildman–Crippen MR) is 58.0 cm³/mol. The van der Waals surface area contributed by atoms with Crippen molar-refractivity contribution in [3.8, 4) is 0 Å². The Bertz CT molecular complexity index is 268. The van der Waals surface area contributed by atoms with E-state index in [1.165, 1.54) is 0 Å². The summed E-state index contributed by atoms with van der Waals surface area (Å²) in [5.41, 5.74) is 5.65. The molecule has 1 aromatic heterocycles. The van der Waals surface area contributed by atoms with E-state index in [-0.39, 0.29) is 0 Å². The molecule has 3 N–H and O–H groups in total. The Hall–Kier alpha value is -0.800. The molecule has 1 heterocycles. The predicted octanol–water partition coefficient (Wildman–Crippen LogP) is 1.66. The SMILES string of the molecule is Cc1ccc(CNC(CN)C(C)C)o1. The Morgan fingerprint density at radius 3 is 2.57 bits per heavy atom. The monoisotopic (exact) mass is 196 g/mol. The molecule has 0 aliphatic heterocycles. The molecule has 0 saturated carbocycles. The first kappa shape index (κ1) is 11.3. The third-order valence-electron chi connectivity index (χ3n) is 2.39. The van der Waals surface area contributed by atoms with Crippen LogP contribution in [0.4, 0.5) is 0 Å². The summed E-state index contributed by atoms with van der Waals surface area (Å²) in [6.07, 6.45) is 0. The highest BCUT2D eigenvalue weighted by Crippen LogP contribution is 2.07. The first-order chi connectivity index (χ1) is 6.63. The molecule has 1 unspecified atom stereocenters. The fourth-order valence-corrected chi connectivity index (χ4v) is 1.40. The van der Waals surface area contributed by atoms with Crippen molar-refractivity contribution in [2.45, 2.75) is 33.4 Å². The third-order valence-corrected chi connectivity index (χ3v) is 2.39. The van der Waals surface area contributed by atoms with Crippen LogP contribution in [-0.4, -0.2) is 12.6 Å². The van der Waals surface area contributed by atoms with Crippen molar-refractivity contribution in [1.82, 2.24) is 5.32 Å². The van der Waals surface area contributed by atoms with Gasteiger partial charge in [-0.2, -0.15) is 0 Å². The van der Waals surface area contributed by atoms with E-state index in [0.717, 1.165) is 18.1 Å². The normalized spacial score (nSPS) is 13.5. The van der Waals surface area contributed by atoms with E-state index < -0.39 is 0 Å². The van der Waals surface area contributed by atoms with Crippen molar-refractivity contribution >= 4 is 0 Å². The molecule has 1 rings (SSSR count). The van der Waals surface area contributed by atoms with Crippen LogP contribution < -0.4 is 11.1 Å². The van der Waals surface area contributed by atoms with Crippen LogP contribution in [0.3, 0.4) is 0 Å². The number of aryl methyl sites for hydroxylation is 1. The first-order valence-corrected chi connectivity index (χ1v) is 5.12. The lowest BCUT2D eigenvalue weighted by Crippen LogP contribution is -2.39. The smallest absolute Gasteiger partial charge is 0.117 e. The molecular weight excluding hydrogens is 176 g/mol. The molecule has 3 nitrogen and oxygen atoms in total. The van der Waals surface area contributed by atoms with Gasteiger partial charge in [-0.05, 0) is 25.0 Å². The topological polar surface area (TPSA) is 51.2 Å². The average molecular weight is 196 g/mol. The molecule has 0 aliphatic rings. The molecule has 0 aliphatic carbocycles. The Kier molecular flexibility index (Phi) is 4.17. The zero-order chi connectivity index (χ0) is 10.6. The Balaban J connectivity index is 2.39. The van der Waals surface area contributed by atoms with Gasteiger partial charge in [-0.15, -0.1) is 0 Å². The van der Waals surface area contributed by atoms with Crippen LogP contribution in [0.5, 0.6) is 0 Å². The Morgan fingerprint density at radius 1 is 1.43 bits per heavy atom. The highest BCUT2D eigenvalue weighted by molar-refractivity contribution is 5.05. The van der Waals surface area contributed by atoms with Crippen molar-refractivity contribution < 1.29 is 4.42 Å². The summed E-state index contributed by atoms with van der Waals surface area (Å²) in [5.74, 6) is 2.48. The van der Waals surface area contributed by atoms with E-state index in [4.69, 9.17) is 10.2 Å². The fraction of sp³-hybridized carbons (Fsp3) is 0.636. The van der Waals surface area contributed by atoms with Gasteiger partial charge >= 0.3 is 0 Å². The van der Waals surface area contributed by atoms with Crippen molar-refractivity contribution in [2.24, 2.45) is 11.7 Å². The summed E-state index contributed by atoms with van der Waals surface area (Å²) in [6.45, 7) is 7.70. The summed E-state index contributed by atoms with van der Waals surface area (Å²) in [4.78, 5) is 0. The van der Waals surface area contributed by atoms with Crippen LogP contribution in [0.15, 0.2) is 16.5 Å². The molecule has 0 bridgehead atoms. The summed E-state index contributed by atoms with van der Waals surface area (Å²) >= 11 is 0. The van der Waals surface area contributed by atoms with Crippen LogP contribution in [0.2, 0.25) is 0 Å². The lowest BCUT2D eigenvalue weighted by Gasteiger charge is -2.19. The minimum atomic E-state index is 0.361. The van der Waals surface area contributed by atoms with E-state index in [0.29, 0.717) is 18.5 Å². The second kappa shape index (κ2) is 5.17. The van der Waals surface area contributed by atoms with Crippen molar-refractivity contribution in [2.75, 3.05) is 6.54 Å². The highest BCUT2D eigenvalue weighted by Gasteiger charge is 2.10. The second-order valence-electron chi connectivity index (χ2n) is 3.98. The highest BCUT2D eigenvalue weighted by atomic mass is 16.3. The van der Waals surface area contributed by atoms with Crippen LogP contribution >= 0.6 is 0 Å². The molecule has 1 atom stereocenters. The number of hydrogen-bond acceptors (Lipinski definition) is 3. The largest absolute Gasteiger partial charge is 0.465 e. The van der Waals surface area contributed by atoms with Gasteiger partial charge in [0.2, 0.25) is 0 Å². The third kappa shape index (κ3) is 3.16. The molecule has 3 heteroatoms. The number of hydrogen-bond donors (Lipinski definition) is 2. The molecule has 0 fully saturated rings. The quantitative estimate of drug-likeness (QED) is 0.753. The number of nitrogens with two attached hydrogens (primary N) is 1. The molecule has 0 saturated heterocycles. The van der Waals surface area contributed by atoms with Gasteiger partial charge in [-0.1, -0.05) is 13.8 Å². The lowest BCUT2D eigenvalue weighted by molar-refractivity contribution is 0.376. The molecule has 1 aromatic rings. The van der Waals surface area contributed by atoms with Gasteiger partial charge in [0.05, 0.1) is 6.54 Å². The number of furan rings is 1.